The van der Waals surface area contributed by atoms with Gasteiger partial charge >= 0.3 is 0 Å². The van der Waals surface area contributed by atoms with Gasteiger partial charge in [-0.3, -0.25) is 0 Å². The highest BCUT2D eigenvalue weighted by Gasteiger charge is 2.27. The molecule has 0 unspecified atom stereocenters. The molecule has 0 bridgehead atoms. The smallest absolute Gasteiger partial charge is 0.160 e. The van der Waals surface area contributed by atoms with Crippen molar-refractivity contribution >= 4 is 53.4 Å². The molecule has 0 fully saturated rings. The zero-order chi connectivity index (χ0) is 49.0. The van der Waals surface area contributed by atoms with Crippen LogP contribution in [0.15, 0.2) is 273 Å². The van der Waals surface area contributed by atoms with Crippen molar-refractivity contribution in [3.63, 3.8) is 0 Å². The average molecular weight is 960 g/mol. The van der Waals surface area contributed by atoms with Crippen LogP contribution >= 0.6 is 11.3 Å². The molecule has 0 atom stereocenters. The third-order valence-corrected chi connectivity index (χ3v) is 15.6. The third kappa shape index (κ3) is 7.51. The van der Waals surface area contributed by atoms with Crippen LogP contribution < -0.4 is 0 Å². The van der Waals surface area contributed by atoms with E-state index in [4.69, 9.17) is 9.97 Å². The van der Waals surface area contributed by atoms with Crippen LogP contribution in [-0.4, -0.2) is 14.5 Å². The van der Waals surface area contributed by atoms with E-state index in [0.717, 1.165) is 93.7 Å². The lowest BCUT2D eigenvalue weighted by atomic mass is 9.90. The van der Waals surface area contributed by atoms with E-state index in [1.54, 1.807) is 11.3 Å². The molecule has 4 heteroatoms. The van der Waals surface area contributed by atoms with E-state index in [1.807, 2.05) is 6.07 Å². The summed E-state index contributed by atoms with van der Waals surface area (Å²) in [6.07, 6.45) is 0. The van der Waals surface area contributed by atoms with E-state index in [-0.39, 0.29) is 0 Å². The number of aromatic nitrogens is 3. The van der Waals surface area contributed by atoms with E-state index >= 15 is 0 Å². The number of hydrogen-bond donors (Lipinski definition) is 0. The largest absolute Gasteiger partial charge is 0.308 e. The number of hydrogen-bond acceptors (Lipinski definition) is 3. The minimum Gasteiger partial charge on any atom is -0.308 e. The SMILES string of the molecule is c1ccc(-c2cc(-c3ccccc3)c3c4cc(-c5ccccc5)c(-c5ccccc5)cc4n(-c4c(-c5ccccc5)cc(-c5nc(-c6ccccc6)nc6c5sc5ccccc56)cc4-c4ccccc4)c3c2)cc1. The molecule has 346 valence electrons. The van der Waals surface area contributed by atoms with Gasteiger partial charge in [0.15, 0.2) is 5.82 Å². The lowest BCUT2D eigenvalue weighted by molar-refractivity contribution is 1.18. The fraction of sp³-hybridized carbons (Fsp3) is 0. The van der Waals surface area contributed by atoms with Gasteiger partial charge in [0, 0.05) is 43.1 Å². The Labute approximate surface area is 433 Å². The second-order valence-corrected chi connectivity index (χ2v) is 19.9. The van der Waals surface area contributed by atoms with Crippen molar-refractivity contribution in [2.24, 2.45) is 0 Å². The predicted octanol–water partition coefficient (Wildman–Crippen LogP) is 19.3. The van der Waals surface area contributed by atoms with Crippen molar-refractivity contribution in [1.29, 1.82) is 0 Å². The molecule has 11 aromatic carbocycles. The second-order valence-electron chi connectivity index (χ2n) is 18.8. The normalized spacial score (nSPS) is 11.5. The summed E-state index contributed by atoms with van der Waals surface area (Å²) in [5.74, 6) is 0.704. The Morgan fingerprint density at radius 1 is 0.297 bits per heavy atom. The molecular formula is C70H45N3S. The molecule has 0 spiro atoms. The molecule has 0 saturated heterocycles. The molecule has 3 aromatic heterocycles. The first-order valence-corrected chi connectivity index (χ1v) is 26.0. The highest BCUT2D eigenvalue weighted by Crippen LogP contribution is 2.50. The van der Waals surface area contributed by atoms with Crippen LogP contribution in [0.4, 0.5) is 0 Å². The zero-order valence-corrected chi connectivity index (χ0v) is 41.0. The number of fused-ring (bicyclic) bond motifs is 6. The summed E-state index contributed by atoms with van der Waals surface area (Å²) in [4.78, 5) is 10.9. The van der Waals surface area contributed by atoms with E-state index in [1.165, 1.54) is 37.7 Å². The lowest BCUT2D eigenvalue weighted by Crippen LogP contribution is -2.03. The van der Waals surface area contributed by atoms with E-state index in [2.05, 4.69) is 271 Å². The molecule has 14 rings (SSSR count). The summed E-state index contributed by atoms with van der Waals surface area (Å²) in [6, 6.07) is 98.9. The molecular weight excluding hydrogens is 915 g/mol. The first-order chi connectivity index (χ1) is 36.7. The Hall–Kier alpha value is -9.48. The van der Waals surface area contributed by atoms with Gasteiger partial charge in [-0.2, -0.15) is 0 Å². The van der Waals surface area contributed by atoms with Gasteiger partial charge in [0.25, 0.3) is 0 Å². The average Bonchev–Trinajstić information content (AvgIpc) is 4.03. The number of benzene rings is 11. The number of rotatable bonds is 9. The van der Waals surface area contributed by atoms with Crippen LogP contribution in [0.1, 0.15) is 0 Å². The maximum Gasteiger partial charge on any atom is 0.160 e. The van der Waals surface area contributed by atoms with Gasteiger partial charge in [-0.05, 0) is 98.1 Å². The molecule has 14 aromatic rings. The summed E-state index contributed by atoms with van der Waals surface area (Å²) in [5.41, 5.74) is 20.9. The van der Waals surface area contributed by atoms with Crippen molar-refractivity contribution < 1.29 is 0 Å². The van der Waals surface area contributed by atoms with Gasteiger partial charge in [0.05, 0.1) is 32.6 Å². The second kappa shape index (κ2) is 18.3. The molecule has 3 nitrogen and oxygen atoms in total. The molecule has 0 aliphatic rings. The Morgan fingerprint density at radius 2 is 0.730 bits per heavy atom. The summed E-state index contributed by atoms with van der Waals surface area (Å²) < 4.78 is 4.84. The van der Waals surface area contributed by atoms with Crippen LogP contribution in [0.25, 0.3) is 137 Å². The van der Waals surface area contributed by atoms with E-state index in [9.17, 15) is 0 Å². The van der Waals surface area contributed by atoms with Crippen molar-refractivity contribution in [3.8, 4) is 95.1 Å². The molecule has 0 N–H and O–H groups in total. The maximum absolute atomic E-state index is 5.57. The Balaban J connectivity index is 1.18. The number of thiophene rings is 1. The standard InChI is InChI=1S/C70H45N3S/c1-8-24-46(25-9-1)53-40-58(49-30-14-4-15-31-49)65-61-44-56(47-26-10-2-11-27-47)57(48-28-12-3-13-29-48)45-62(61)73(63(65)43-53)68-59(50-32-16-5-17-33-50)41-54(42-60(68)51-34-18-6-19-35-51)66-69-67(55-38-22-23-39-64(55)74-69)72-70(71-66)52-36-20-7-21-37-52/h1-45H. The van der Waals surface area contributed by atoms with Gasteiger partial charge in [0.1, 0.15) is 0 Å². The Kier molecular flexibility index (Phi) is 10.7. The summed E-state index contributed by atoms with van der Waals surface area (Å²) in [5, 5.41) is 3.50. The highest BCUT2D eigenvalue weighted by molar-refractivity contribution is 7.26. The first kappa shape index (κ1) is 43.3. The predicted molar refractivity (Wildman–Crippen MR) is 313 cm³/mol. The summed E-state index contributed by atoms with van der Waals surface area (Å²) in [6.45, 7) is 0. The van der Waals surface area contributed by atoms with Crippen molar-refractivity contribution in [2.75, 3.05) is 0 Å². The van der Waals surface area contributed by atoms with Crippen molar-refractivity contribution in [2.45, 2.75) is 0 Å². The maximum atomic E-state index is 5.57. The summed E-state index contributed by atoms with van der Waals surface area (Å²) >= 11 is 1.76. The van der Waals surface area contributed by atoms with Crippen molar-refractivity contribution in [1.82, 2.24) is 14.5 Å². The van der Waals surface area contributed by atoms with Crippen molar-refractivity contribution in [3.05, 3.63) is 273 Å². The monoisotopic (exact) mass is 959 g/mol. The van der Waals surface area contributed by atoms with Gasteiger partial charge < -0.3 is 4.57 Å². The molecule has 0 amide bonds. The zero-order valence-electron chi connectivity index (χ0n) is 40.2. The molecule has 74 heavy (non-hydrogen) atoms. The third-order valence-electron chi connectivity index (χ3n) is 14.4. The lowest BCUT2D eigenvalue weighted by Gasteiger charge is -2.22. The number of nitrogens with zero attached hydrogens (tertiary/aromatic N) is 3. The summed E-state index contributed by atoms with van der Waals surface area (Å²) in [7, 11) is 0. The van der Waals surface area contributed by atoms with Crippen LogP contribution in [0.3, 0.4) is 0 Å². The van der Waals surface area contributed by atoms with Crippen LogP contribution in [0.5, 0.6) is 0 Å². The van der Waals surface area contributed by atoms with Gasteiger partial charge in [-0.25, -0.2) is 9.97 Å². The fourth-order valence-electron chi connectivity index (χ4n) is 11.0. The van der Waals surface area contributed by atoms with Crippen LogP contribution in [0, 0.1) is 0 Å². The van der Waals surface area contributed by atoms with E-state index in [0.29, 0.717) is 5.82 Å². The van der Waals surface area contributed by atoms with Gasteiger partial charge in [-0.15, -0.1) is 11.3 Å². The highest BCUT2D eigenvalue weighted by atomic mass is 32.1. The topological polar surface area (TPSA) is 30.7 Å². The van der Waals surface area contributed by atoms with Gasteiger partial charge in [0.2, 0.25) is 0 Å². The quantitative estimate of drug-likeness (QED) is 0.144. The minimum atomic E-state index is 0.704. The van der Waals surface area contributed by atoms with Crippen LogP contribution in [-0.2, 0) is 0 Å². The Bertz CT molecular complexity index is 4300. The minimum absolute atomic E-state index is 0.704. The van der Waals surface area contributed by atoms with E-state index < -0.39 is 0 Å². The molecule has 0 radical (unpaired) electrons. The molecule has 3 heterocycles. The first-order valence-electron chi connectivity index (χ1n) is 25.1. The Morgan fingerprint density at radius 3 is 1.27 bits per heavy atom. The fourth-order valence-corrected chi connectivity index (χ4v) is 12.1. The van der Waals surface area contributed by atoms with Crippen LogP contribution in [0.2, 0.25) is 0 Å². The molecule has 0 saturated carbocycles. The van der Waals surface area contributed by atoms with Gasteiger partial charge in [-0.1, -0.05) is 231 Å². The molecule has 0 aliphatic heterocycles. The molecule has 0 aliphatic carbocycles.